The Bertz CT molecular complexity index is 159. The Morgan fingerprint density at radius 3 is 2.27 bits per heavy atom. The first-order chi connectivity index (χ1) is 4.83. The Kier molecular flexibility index (Phi) is 3.45. The van der Waals surface area contributed by atoms with Crippen LogP contribution in [0.15, 0.2) is 0 Å². The van der Waals surface area contributed by atoms with Crippen molar-refractivity contribution in [1.29, 1.82) is 0 Å². The molecule has 0 aliphatic rings. The van der Waals surface area contributed by atoms with Crippen molar-refractivity contribution in [2.75, 3.05) is 0 Å². The fraction of sp³-hybridized carbons (Fsp3) is 0.714. The predicted octanol–water partition coefficient (Wildman–Crippen LogP) is 1.16. The lowest BCUT2D eigenvalue weighted by molar-refractivity contribution is -0.139. The zero-order chi connectivity index (χ0) is 9.07. The average molecular weight is 175 g/mol. The molecule has 0 saturated carbocycles. The van der Waals surface area contributed by atoms with E-state index in [1.54, 1.807) is 0 Å². The normalized spacial score (nSPS) is 11.1. The van der Waals surface area contributed by atoms with Gasteiger partial charge in [-0.25, -0.2) is 0 Å². The highest BCUT2D eigenvalue weighted by Crippen LogP contribution is 2.24. The first kappa shape index (κ1) is 10.4. The zero-order valence-corrected chi connectivity index (χ0v) is 7.57. The van der Waals surface area contributed by atoms with Crippen molar-refractivity contribution in [2.45, 2.75) is 26.7 Å². The SMILES string of the molecule is CC(C)(CC(=O)O)CC(N)=S. The van der Waals surface area contributed by atoms with E-state index in [9.17, 15) is 4.79 Å². The van der Waals surface area contributed by atoms with Crippen LogP contribution in [0.3, 0.4) is 0 Å². The minimum Gasteiger partial charge on any atom is -0.481 e. The topological polar surface area (TPSA) is 63.3 Å². The third kappa shape index (κ3) is 5.79. The van der Waals surface area contributed by atoms with E-state index in [0.29, 0.717) is 11.4 Å². The third-order valence-corrected chi connectivity index (χ3v) is 1.43. The van der Waals surface area contributed by atoms with E-state index in [-0.39, 0.29) is 11.8 Å². The number of carbonyl (C=O) groups is 1. The molecule has 0 radical (unpaired) electrons. The number of thiocarbonyl (C=S) groups is 1. The van der Waals surface area contributed by atoms with Gasteiger partial charge in [-0.2, -0.15) is 0 Å². The molecule has 0 atom stereocenters. The molecule has 0 aromatic carbocycles. The highest BCUT2D eigenvalue weighted by Gasteiger charge is 2.22. The number of carboxylic acids is 1. The van der Waals surface area contributed by atoms with E-state index in [1.807, 2.05) is 13.8 Å². The number of aliphatic carboxylic acids is 1. The van der Waals surface area contributed by atoms with Gasteiger partial charge < -0.3 is 10.8 Å². The van der Waals surface area contributed by atoms with Gasteiger partial charge in [0.1, 0.15) is 0 Å². The summed E-state index contributed by atoms with van der Waals surface area (Å²) in [7, 11) is 0. The predicted molar refractivity (Wildman–Crippen MR) is 47.4 cm³/mol. The smallest absolute Gasteiger partial charge is 0.303 e. The van der Waals surface area contributed by atoms with Crippen molar-refractivity contribution in [2.24, 2.45) is 11.1 Å². The maximum atomic E-state index is 10.3. The van der Waals surface area contributed by atoms with Gasteiger partial charge in [0.15, 0.2) is 0 Å². The first-order valence-corrected chi connectivity index (χ1v) is 3.74. The lowest BCUT2D eigenvalue weighted by atomic mass is 9.86. The summed E-state index contributed by atoms with van der Waals surface area (Å²) in [6.45, 7) is 3.67. The van der Waals surface area contributed by atoms with Crippen LogP contribution in [0.25, 0.3) is 0 Å². The maximum absolute atomic E-state index is 10.3. The van der Waals surface area contributed by atoms with Gasteiger partial charge in [0.05, 0.1) is 11.4 Å². The molecule has 4 heteroatoms. The summed E-state index contributed by atoms with van der Waals surface area (Å²) in [6, 6.07) is 0. The van der Waals surface area contributed by atoms with Crippen LogP contribution in [0, 0.1) is 5.41 Å². The molecule has 0 unspecified atom stereocenters. The van der Waals surface area contributed by atoms with Crippen LogP contribution < -0.4 is 5.73 Å². The molecule has 0 fully saturated rings. The van der Waals surface area contributed by atoms with E-state index >= 15 is 0 Å². The minimum atomic E-state index is -0.814. The molecule has 0 saturated heterocycles. The summed E-state index contributed by atoms with van der Waals surface area (Å²) in [6.07, 6.45) is 0.582. The van der Waals surface area contributed by atoms with Crippen LogP contribution in [-0.4, -0.2) is 16.1 Å². The van der Waals surface area contributed by atoms with Gasteiger partial charge in [0.2, 0.25) is 0 Å². The van der Waals surface area contributed by atoms with Gasteiger partial charge in [-0.05, 0) is 5.41 Å². The Hall–Kier alpha value is -0.640. The molecule has 0 spiro atoms. The molecular formula is C7H13NO2S. The summed E-state index contributed by atoms with van der Waals surface area (Å²) in [5, 5.41) is 8.48. The van der Waals surface area contributed by atoms with Gasteiger partial charge in [-0.1, -0.05) is 26.1 Å². The van der Waals surface area contributed by atoms with Crippen LogP contribution in [0.2, 0.25) is 0 Å². The van der Waals surface area contributed by atoms with E-state index in [0.717, 1.165) is 0 Å². The highest BCUT2D eigenvalue weighted by molar-refractivity contribution is 7.80. The molecule has 0 heterocycles. The molecular weight excluding hydrogens is 162 g/mol. The van der Waals surface area contributed by atoms with Crippen LogP contribution in [0.1, 0.15) is 26.7 Å². The Morgan fingerprint density at radius 1 is 1.55 bits per heavy atom. The molecule has 0 aliphatic heterocycles. The quantitative estimate of drug-likeness (QED) is 0.629. The molecule has 0 aromatic rings. The van der Waals surface area contributed by atoms with Gasteiger partial charge in [0.25, 0.3) is 0 Å². The first-order valence-electron chi connectivity index (χ1n) is 3.33. The van der Waals surface area contributed by atoms with Gasteiger partial charge in [-0.15, -0.1) is 0 Å². The fourth-order valence-corrected chi connectivity index (χ4v) is 1.33. The standard InChI is InChI=1S/C7H13NO2S/c1-7(2,3-5(8)11)4-6(9)10/h3-4H2,1-2H3,(H2,8,11)(H,9,10). The largest absolute Gasteiger partial charge is 0.481 e. The lowest BCUT2D eigenvalue weighted by Gasteiger charge is -2.20. The number of hydrogen-bond donors (Lipinski definition) is 2. The molecule has 11 heavy (non-hydrogen) atoms. The van der Waals surface area contributed by atoms with Crippen LogP contribution in [-0.2, 0) is 4.79 Å². The van der Waals surface area contributed by atoms with Crippen molar-refractivity contribution in [3.8, 4) is 0 Å². The Labute approximate surface area is 71.6 Å². The Morgan fingerprint density at radius 2 is 2.00 bits per heavy atom. The number of rotatable bonds is 4. The molecule has 0 amide bonds. The average Bonchev–Trinajstić information content (AvgIpc) is 1.53. The zero-order valence-electron chi connectivity index (χ0n) is 6.76. The van der Waals surface area contributed by atoms with E-state index in [2.05, 4.69) is 12.2 Å². The molecule has 3 N–H and O–H groups in total. The van der Waals surface area contributed by atoms with E-state index < -0.39 is 5.97 Å². The van der Waals surface area contributed by atoms with E-state index in [1.165, 1.54) is 0 Å². The fourth-order valence-electron chi connectivity index (χ4n) is 0.944. The second-order valence-corrected chi connectivity index (χ2v) is 3.90. The van der Waals surface area contributed by atoms with Gasteiger partial charge >= 0.3 is 5.97 Å². The van der Waals surface area contributed by atoms with Crippen molar-refractivity contribution in [3.05, 3.63) is 0 Å². The lowest BCUT2D eigenvalue weighted by Crippen LogP contribution is -2.23. The molecule has 0 bridgehead atoms. The third-order valence-electron chi connectivity index (χ3n) is 1.28. The molecule has 64 valence electrons. The summed E-state index contributed by atoms with van der Waals surface area (Å²) >= 11 is 4.68. The maximum Gasteiger partial charge on any atom is 0.303 e. The number of hydrogen-bond acceptors (Lipinski definition) is 2. The van der Waals surface area contributed by atoms with Gasteiger partial charge in [-0.3, -0.25) is 4.79 Å². The van der Waals surface area contributed by atoms with Crippen molar-refractivity contribution in [1.82, 2.24) is 0 Å². The minimum absolute atomic E-state index is 0.102. The number of nitrogens with two attached hydrogens (primary N) is 1. The molecule has 0 aliphatic carbocycles. The monoisotopic (exact) mass is 175 g/mol. The van der Waals surface area contributed by atoms with Crippen molar-refractivity contribution in [3.63, 3.8) is 0 Å². The number of carboxylic acid groups (broad SMARTS) is 1. The molecule has 0 rings (SSSR count). The summed E-state index contributed by atoms with van der Waals surface area (Å²) in [5.41, 5.74) is 4.97. The summed E-state index contributed by atoms with van der Waals surface area (Å²) < 4.78 is 0. The van der Waals surface area contributed by atoms with Crippen LogP contribution in [0.5, 0.6) is 0 Å². The molecule has 3 nitrogen and oxygen atoms in total. The van der Waals surface area contributed by atoms with E-state index in [4.69, 9.17) is 10.8 Å². The Balaban J connectivity index is 3.99. The van der Waals surface area contributed by atoms with Crippen LogP contribution >= 0.6 is 12.2 Å². The molecule has 0 aromatic heterocycles. The second kappa shape index (κ2) is 3.67. The van der Waals surface area contributed by atoms with Crippen molar-refractivity contribution >= 4 is 23.2 Å². The summed E-state index contributed by atoms with van der Waals surface area (Å²) in [4.78, 5) is 10.7. The second-order valence-electron chi connectivity index (χ2n) is 3.38. The van der Waals surface area contributed by atoms with Crippen LogP contribution in [0.4, 0.5) is 0 Å². The summed E-state index contributed by atoms with van der Waals surface area (Å²) in [5.74, 6) is -0.814. The van der Waals surface area contributed by atoms with Gasteiger partial charge in [0, 0.05) is 6.42 Å². The highest BCUT2D eigenvalue weighted by atomic mass is 32.1. The van der Waals surface area contributed by atoms with Crippen molar-refractivity contribution < 1.29 is 9.90 Å².